The first-order valence-electron chi connectivity index (χ1n) is 8.83. The average molecular weight is 368 g/mol. The highest BCUT2D eigenvalue weighted by molar-refractivity contribution is 7.88. The van der Waals surface area contributed by atoms with E-state index in [1.54, 1.807) is 12.1 Å². The number of carbonyl (C=O) groups is 1. The van der Waals surface area contributed by atoms with Crippen molar-refractivity contribution in [3.8, 4) is 0 Å². The molecule has 1 saturated carbocycles. The zero-order valence-electron chi connectivity index (χ0n) is 14.5. The fourth-order valence-corrected chi connectivity index (χ4v) is 4.89. The van der Waals surface area contributed by atoms with E-state index in [0.717, 1.165) is 31.2 Å². The van der Waals surface area contributed by atoms with E-state index in [-0.39, 0.29) is 17.6 Å². The number of hydrogen-bond acceptors (Lipinski definition) is 3. The van der Waals surface area contributed by atoms with Crippen molar-refractivity contribution in [1.82, 2.24) is 9.62 Å². The van der Waals surface area contributed by atoms with Gasteiger partial charge < -0.3 is 5.32 Å². The first-order valence-corrected chi connectivity index (χ1v) is 10.7. The minimum absolute atomic E-state index is 0.0145. The molecule has 0 bridgehead atoms. The van der Waals surface area contributed by atoms with Gasteiger partial charge >= 0.3 is 0 Å². The molecule has 1 aromatic carbocycles. The maximum Gasteiger partial charge on any atom is 0.223 e. The standard InChI is InChI=1S/C18H25FN2O3S/c1-25(23,24)21-12-8-14(9-13-21)17(22)20-18(10-2-3-11-18)15-4-6-16(19)7-5-15/h4-7,14H,2-3,8-13H2,1H3,(H,20,22). The van der Waals surface area contributed by atoms with Gasteiger partial charge in [0, 0.05) is 19.0 Å². The number of sulfonamides is 1. The molecule has 1 amide bonds. The molecule has 138 valence electrons. The predicted octanol–water partition coefficient (Wildman–Crippen LogP) is 2.38. The summed E-state index contributed by atoms with van der Waals surface area (Å²) in [6.07, 6.45) is 6.06. The highest BCUT2D eigenvalue weighted by Crippen LogP contribution is 2.39. The van der Waals surface area contributed by atoms with Gasteiger partial charge in [0.05, 0.1) is 11.8 Å². The maximum atomic E-state index is 13.2. The minimum Gasteiger partial charge on any atom is -0.346 e. The van der Waals surface area contributed by atoms with Crippen molar-refractivity contribution in [2.24, 2.45) is 5.92 Å². The second-order valence-electron chi connectivity index (χ2n) is 7.22. The number of amides is 1. The van der Waals surface area contributed by atoms with E-state index < -0.39 is 15.6 Å². The van der Waals surface area contributed by atoms with Crippen molar-refractivity contribution < 1.29 is 17.6 Å². The van der Waals surface area contributed by atoms with Gasteiger partial charge in [0.1, 0.15) is 5.82 Å². The second-order valence-corrected chi connectivity index (χ2v) is 9.20. The summed E-state index contributed by atoms with van der Waals surface area (Å²) in [4.78, 5) is 12.8. The Hall–Kier alpha value is -1.47. The number of halogens is 1. The van der Waals surface area contributed by atoms with Crippen LogP contribution in [0.4, 0.5) is 4.39 Å². The largest absolute Gasteiger partial charge is 0.346 e. The van der Waals surface area contributed by atoms with E-state index >= 15 is 0 Å². The van der Waals surface area contributed by atoms with Gasteiger partial charge in [-0.15, -0.1) is 0 Å². The van der Waals surface area contributed by atoms with Crippen molar-refractivity contribution >= 4 is 15.9 Å². The summed E-state index contributed by atoms with van der Waals surface area (Å²) in [6.45, 7) is 0.779. The van der Waals surface area contributed by atoms with Gasteiger partial charge in [-0.3, -0.25) is 4.79 Å². The van der Waals surface area contributed by atoms with Crippen molar-refractivity contribution in [3.05, 3.63) is 35.6 Å². The van der Waals surface area contributed by atoms with Gasteiger partial charge in [0.15, 0.2) is 0 Å². The monoisotopic (exact) mass is 368 g/mol. The lowest BCUT2D eigenvalue weighted by atomic mass is 9.86. The number of benzene rings is 1. The zero-order chi connectivity index (χ0) is 18.1. The minimum atomic E-state index is -3.19. The fourth-order valence-electron chi connectivity index (χ4n) is 4.02. The normalized spacial score (nSPS) is 22.0. The van der Waals surface area contributed by atoms with Crippen LogP contribution in [0.2, 0.25) is 0 Å². The van der Waals surface area contributed by atoms with Crippen molar-refractivity contribution in [1.29, 1.82) is 0 Å². The molecule has 1 aliphatic heterocycles. The molecule has 7 heteroatoms. The van der Waals surface area contributed by atoms with Gasteiger partial charge in [0.25, 0.3) is 0 Å². The molecule has 1 heterocycles. The Labute approximate surface area is 148 Å². The lowest BCUT2D eigenvalue weighted by Crippen LogP contribution is -2.49. The lowest BCUT2D eigenvalue weighted by Gasteiger charge is -2.35. The quantitative estimate of drug-likeness (QED) is 0.887. The summed E-state index contributed by atoms with van der Waals surface area (Å²) in [6, 6.07) is 6.39. The van der Waals surface area contributed by atoms with Crippen molar-refractivity contribution in [2.45, 2.75) is 44.1 Å². The SMILES string of the molecule is CS(=O)(=O)N1CCC(C(=O)NC2(c3ccc(F)cc3)CCCC2)CC1. The third kappa shape index (κ3) is 4.03. The first-order chi connectivity index (χ1) is 11.8. The second kappa shape index (κ2) is 7.03. The van der Waals surface area contributed by atoms with E-state index in [1.165, 1.54) is 22.7 Å². The van der Waals surface area contributed by atoms with Crippen molar-refractivity contribution in [3.63, 3.8) is 0 Å². The number of nitrogens with one attached hydrogen (secondary N) is 1. The Bertz CT molecular complexity index is 719. The van der Waals surface area contributed by atoms with Crippen LogP contribution in [0.1, 0.15) is 44.1 Å². The van der Waals surface area contributed by atoms with Crippen LogP contribution in [0.25, 0.3) is 0 Å². The summed E-state index contributed by atoms with van der Waals surface area (Å²) in [5.74, 6) is -0.466. The molecule has 1 aromatic rings. The van der Waals surface area contributed by atoms with Crippen molar-refractivity contribution in [2.75, 3.05) is 19.3 Å². The maximum absolute atomic E-state index is 13.2. The molecule has 5 nitrogen and oxygen atoms in total. The molecule has 0 radical (unpaired) electrons. The van der Waals surface area contributed by atoms with Gasteiger partial charge in [-0.05, 0) is 43.4 Å². The first kappa shape index (κ1) is 18.3. The summed E-state index contributed by atoms with van der Waals surface area (Å²) in [5.41, 5.74) is 0.534. The number of nitrogens with zero attached hydrogens (tertiary/aromatic N) is 1. The van der Waals surface area contributed by atoms with Crippen LogP contribution >= 0.6 is 0 Å². The fraction of sp³-hybridized carbons (Fsp3) is 0.611. The van der Waals surface area contributed by atoms with Crippen LogP contribution in [0.3, 0.4) is 0 Å². The molecule has 1 saturated heterocycles. The van der Waals surface area contributed by atoms with Gasteiger partial charge in [-0.2, -0.15) is 0 Å². The molecule has 2 fully saturated rings. The summed E-state index contributed by atoms with van der Waals surface area (Å²) >= 11 is 0. The van der Waals surface area contributed by atoms with Gasteiger partial charge in [0.2, 0.25) is 15.9 Å². The number of hydrogen-bond donors (Lipinski definition) is 1. The Balaban J connectivity index is 1.69. The van der Waals surface area contributed by atoms with E-state index in [0.29, 0.717) is 25.9 Å². The summed E-state index contributed by atoms with van der Waals surface area (Å²) < 4.78 is 37.9. The Morgan fingerprint density at radius 3 is 2.24 bits per heavy atom. The number of carbonyl (C=O) groups excluding carboxylic acids is 1. The van der Waals surface area contributed by atoms with Gasteiger partial charge in [-0.25, -0.2) is 17.1 Å². The molecule has 0 spiro atoms. The molecule has 1 aliphatic carbocycles. The molecule has 3 rings (SSSR count). The molecule has 0 atom stereocenters. The Morgan fingerprint density at radius 1 is 1.16 bits per heavy atom. The van der Waals surface area contributed by atoms with E-state index in [9.17, 15) is 17.6 Å². The van der Waals surface area contributed by atoms with Crippen LogP contribution in [0, 0.1) is 11.7 Å². The predicted molar refractivity (Wildman–Crippen MR) is 93.8 cm³/mol. The van der Waals surface area contributed by atoms with Crippen LogP contribution in [0.15, 0.2) is 24.3 Å². The van der Waals surface area contributed by atoms with Crippen LogP contribution in [-0.4, -0.2) is 38.0 Å². The summed E-state index contributed by atoms with van der Waals surface area (Å²) in [5, 5.41) is 3.22. The molecule has 0 unspecified atom stereocenters. The third-order valence-electron chi connectivity index (χ3n) is 5.51. The highest BCUT2D eigenvalue weighted by atomic mass is 32.2. The summed E-state index contributed by atoms with van der Waals surface area (Å²) in [7, 11) is -3.19. The van der Waals surface area contributed by atoms with Gasteiger partial charge in [-0.1, -0.05) is 25.0 Å². The van der Waals surface area contributed by atoms with Crippen LogP contribution in [0.5, 0.6) is 0 Å². The lowest BCUT2D eigenvalue weighted by molar-refractivity contribution is -0.128. The molecule has 0 aromatic heterocycles. The Morgan fingerprint density at radius 2 is 1.72 bits per heavy atom. The van der Waals surface area contributed by atoms with E-state index in [4.69, 9.17) is 0 Å². The van der Waals surface area contributed by atoms with Crippen LogP contribution in [-0.2, 0) is 20.4 Å². The number of rotatable bonds is 4. The highest BCUT2D eigenvalue weighted by Gasteiger charge is 2.39. The smallest absolute Gasteiger partial charge is 0.223 e. The average Bonchev–Trinajstić information content (AvgIpc) is 3.04. The molecular weight excluding hydrogens is 343 g/mol. The van der Waals surface area contributed by atoms with E-state index in [1.807, 2.05) is 0 Å². The molecule has 25 heavy (non-hydrogen) atoms. The topological polar surface area (TPSA) is 66.5 Å². The third-order valence-corrected chi connectivity index (χ3v) is 6.81. The van der Waals surface area contributed by atoms with E-state index in [2.05, 4.69) is 5.32 Å². The number of piperidine rings is 1. The molecular formula is C18H25FN2O3S. The molecule has 2 aliphatic rings. The molecule has 1 N–H and O–H groups in total. The Kier molecular flexibility index (Phi) is 5.16. The zero-order valence-corrected chi connectivity index (χ0v) is 15.3. The van der Waals surface area contributed by atoms with Crippen LogP contribution < -0.4 is 5.32 Å².